The topological polar surface area (TPSA) is 43.6 Å². The number of aromatic nitrogens is 4. The molecule has 0 fully saturated rings. The molecule has 4 nitrogen and oxygen atoms in total. The number of hydrogen-bond acceptors (Lipinski definition) is 5. The van der Waals surface area contributed by atoms with Crippen molar-refractivity contribution in [3.05, 3.63) is 47.2 Å². The second-order valence-electron chi connectivity index (χ2n) is 4.61. The van der Waals surface area contributed by atoms with Crippen LogP contribution in [0.2, 0.25) is 0 Å². The van der Waals surface area contributed by atoms with Gasteiger partial charge in [-0.3, -0.25) is 0 Å². The summed E-state index contributed by atoms with van der Waals surface area (Å²) in [6, 6.07) is 10.3. The molecule has 0 saturated heterocycles. The number of thioether (sulfide) groups is 1. The molecular formula is C15H16N4S2. The molecule has 0 N–H and O–H groups in total. The molecule has 0 aliphatic heterocycles. The lowest BCUT2D eigenvalue weighted by Crippen LogP contribution is -1.97. The number of nitrogens with zero attached hydrogens (tertiary/aromatic N) is 4. The van der Waals surface area contributed by atoms with Gasteiger partial charge in [0, 0.05) is 30.2 Å². The van der Waals surface area contributed by atoms with Gasteiger partial charge in [0.25, 0.3) is 0 Å². The maximum atomic E-state index is 4.69. The Morgan fingerprint density at radius 2 is 2.00 bits per heavy atom. The predicted molar refractivity (Wildman–Crippen MR) is 87.5 cm³/mol. The van der Waals surface area contributed by atoms with Crippen molar-refractivity contribution < 1.29 is 0 Å². The van der Waals surface area contributed by atoms with Crippen molar-refractivity contribution in [2.45, 2.75) is 24.3 Å². The van der Waals surface area contributed by atoms with Gasteiger partial charge >= 0.3 is 0 Å². The van der Waals surface area contributed by atoms with Crippen LogP contribution in [0.3, 0.4) is 0 Å². The Kier molecular flexibility index (Phi) is 4.36. The fourth-order valence-electron chi connectivity index (χ4n) is 2.00. The van der Waals surface area contributed by atoms with Crippen molar-refractivity contribution in [2.75, 3.05) is 0 Å². The van der Waals surface area contributed by atoms with Crippen LogP contribution >= 0.6 is 23.1 Å². The molecule has 0 amide bonds. The first-order valence-electron chi connectivity index (χ1n) is 6.79. The lowest BCUT2D eigenvalue weighted by molar-refractivity contribution is 0.741. The summed E-state index contributed by atoms with van der Waals surface area (Å²) in [5, 5.41) is 12.5. The van der Waals surface area contributed by atoms with Gasteiger partial charge in [-0.25, -0.2) is 4.98 Å². The Morgan fingerprint density at radius 3 is 2.71 bits per heavy atom. The lowest BCUT2D eigenvalue weighted by atomic mass is 10.2. The van der Waals surface area contributed by atoms with E-state index in [2.05, 4.69) is 39.2 Å². The van der Waals surface area contributed by atoms with Crippen molar-refractivity contribution in [3.8, 4) is 10.6 Å². The Labute approximate surface area is 132 Å². The quantitative estimate of drug-likeness (QED) is 0.672. The molecule has 21 heavy (non-hydrogen) atoms. The van der Waals surface area contributed by atoms with Crippen molar-refractivity contribution in [2.24, 2.45) is 7.05 Å². The van der Waals surface area contributed by atoms with E-state index in [0.29, 0.717) is 0 Å². The zero-order valence-electron chi connectivity index (χ0n) is 12.0. The van der Waals surface area contributed by atoms with E-state index >= 15 is 0 Å². The van der Waals surface area contributed by atoms with Crippen LogP contribution in [0.4, 0.5) is 0 Å². The Hall–Kier alpha value is -1.66. The van der Waals surface area contributed by atoms with Crippen LogP contribution in [0.15, 0.2) is 40.9 Å². The number of thiazole rings is 1. The summed E-state index contributed by atoms with van der Waals surface area (Å²) in [7, 11) is 2.01. The van der Waals surface area contributed by atoms with E-state index in [-0.39, 0.29) is 0 Å². The second-order valence-corrected chi connectivity index (χ2v) is 6.41. The molecular weight excluding hydrogens is 300 g/mol. The molecule has 2 aromatic heterocycles. The Bertz CT molecular complexity index is 718. The van der Waals surface area contributed by atoms with Crippen LogP contribution < -0.4 is 0 Å². The highest BCUT2D eigenvalue weighted by atomic mass is 32.2. The minimum atomic E-state index is 0.818. The van der Waals surface area contributed by atoms with Crippen LogP contribution in [0.1, 0.15) is 18.4 Å². The summed E-state index contributed by atoms with van der Waals surface area (Å²) in [6.45, 7) is 2.09. The van der Waals surface area contributed by atoms with E-state index in [1.54, 1.807) is 23.1 Å². The van der Waals surface area contributed by atoms with E-state index < -0.39 is 0 Å². The predicted octanol–water partition coefficient (Wildman–Crippen LogP) is 3.79. The van der Waals surface area contributed by atoms with Gasteiger partial charge in [-0.15, -0.1) is 21.5 Å². The highest BCUT2D eigenvalue weighted by Crippen LogP contribution is 2.27. The molecule has 3 rings (SSSR count). The van der Waals surface area contributed by atoms with Gasteiger partial charge in [0.2, 0.25) is 0 Å². The maximum absolute atomic E-state index is 4.69. The maximum Gasteiger partial charge on any atom is 0.191 e. The molecule has 108 valence electrons. The minimum absolute atomic E-state index is 0.818. The third kappa shape index (κ3) is 3.16. The molecule has 0 radical (unpaired) electrons. The molecule has 1 aromatic carbocycles. The van der Waals surface area contributed by atoms with Gasteiger partial charge in [0.15, 0.2) is 5.16 Å². The molecule has 0 atom stereocenters. The largest absolute Gasteiger partial charge is 0.309 e. The molecule has 0 aliphatic rings. The number of rotatable bonds is 5. The van der Waals surface area contributed by atoms with E-state index in [0.717, 1.165) is 33.9 Å². The molecule has 0 aliphatic carbocycles. The third-order valence-corrected chi connectivity index (χ3v) is 5.16. The Balaban J connectivity index is 1.69. The van der Waals surface area contributed by atoms with Gasteiger partial charge in [-0.2, -0.15) is 0 Å². The lowest BCUT2D eigenvalue weighted by Gasteiger charge is -2.00. The monoisotopic (exact) mass is 316 g/mol. The SMILES string of the molecule is CCc1nnc(SCc2csc(-c3ccccc3)n2)n1C. The van der Waals surface area contributed by atoms with Crippen molar-refractivity contribution in [1.82, 2.24) is 19.7 Å². The van der Waals surface area contributed by atoms with E-state index in [9.17, 15) is 0 Å². The van der Waals surface area contributed by atoms with Crippen molar-refractivity contribution in [1.29, 1.82) is 0 Å². The van der Waals surface area contributed by atoms with Crippen LogP contribution in [-0.2, 0) is 19.2 Å². The smallest absolute Gasteiger partial charge is 0.191 e. The number of hydrogen-bond donors (Lipinski definition) is 0. The van der Waals surface area contributed by atoms with Gasteiger partial charge in [0.1, 0.15) is 10.8 Å². The van der Waals surface area contributed by atoms with Crippen LogP contribution in [0.25, 0.3) is 10.6 Å². The van der Waals surface area contributed by atoms with Crippen LogP contribution in [-0.4, -0.2) is 19.7 Å². The van der Waals surface area contributed by atoms with Gasteiger partial charge in [0.05, 0.1) is 5.69 Å². The van der Waals surface area contributed by atoms with Crippen molar-refractivity contribution in [3.63, 3.8) is 0 Å². The molecule has 0 spiro atoms. The van der Waals surface area contributed by atoms with E-state index in [1.165, 1.54) is 5.56 Å². The standard InChI is InChI=1S/C15H16N4S2/c1-3-13-17-18-15(19(13)2)21-10-12-9-20-14(16-12)11-7-5-4-6-8-11/h4-9H,3,10H2,1-2H3. The Morgan fingerprint density at radius 1 is 1.19 bits per heavy atom. The molecule has 0 bridgehead atoms. The fourth-order valence-corrected chi connectivity index (χ4v) is 3.76. The summed E-state index contributed by atoms with van der Waals surface area (Å²) in [4.78, 5) is 4.69. The van der Waals surface area contributed by atoms with Crippen molar-refractivity contribution >= 4 is 23.1 Å². The normalized spacial score (nSPS) is 11.0. The summed E-state index contributed by atoms with van der Waals surface area (Å²) < 4.78 is 2.05. The van der Waals surface area contributed by atoms with E-state index in [1.807, 2.05) is 25.2 Å². The van der Waals surface area contributed by atoms with Gasteiger partial charge in [-0.1, -0.05) is 49.0 Å². The second kappa shape index (κ2) is 6.41. The third-order valence-electron chi connectivity index (χ3n) is 3.16. The molecule has 3 aromatic rings. The fraction of sp³-hybridized carbons (Fsp3) is 0.267. The van der Waals surface area contributed by atoms with Crippen LogP contribution in [0.5, 0.6) is 0 Å². The van der Waals surface area contributed by atoms with Crippen LogP contribution in [0, 0.1) is 0 Å². The van der Waals surface area contributed by atoms with Gasteiger partial charge in [-0.05, 0) is 0 Å². The minimum Gasteiger partial charge on any atom is -0.309 e. The summed E-state index contributed by atoms with van der Waals surface area (Å²) in [5.41, 5.74) is 2.26. The number of benzene rings is 1. The van der Waals surface area contributed by atoms with E-state index in [4.69, 9.17) is 4.98 Å². The zero-order chi connectivity index (χ0) is 14.7. The molecule has 0 unspecified atom stereocenters. The summed E-state index contributed by atoms with van der Waals surface area (Å²) in [6.07, 6.45) is 0.902. The first-order valence-corrected chi connectivity index (χ1v) is 8.65. The highest BCUT2D eigenvalue weighted by molar-refractivity contribution is 7.98. The number of aryl methyl sites for hydroxylation is 1. The summed E-state index contributed by atoms with van der Waals surface area (Å²) in [5.74, 6) is 1.83. The molecule has 0 saturated carbocycles. The first kappa shape index (κ1) is 14.3. The molecule has 6 heteroatoms. The molecule has 2 heterocycles. The highest BCUT2D eigenvalue weighted by Gasteiger charge is 2.09. The average molecular weight is 316 g/mol. The van der Waals surface area contributed by atoms with Gasteiger partial charge < -0.3 is 4.57 Å². The zero-order valence-corrected chi connectivity index (χ0v) is 13.6. The average Bonchev–Trinajstić information content (AvgIpc) is 3.13. The summed E-state index contributed by atoms with van der Waals surface area (Å²) >= 11 is 3.36. The first-order chi connectivity index (χ1) is 10.3.